The van der Waals surface area contributed by atoms with E-state index < -0.39 is 84.0 Å². The molecule has 7 amide bonds. The first-order valence-electron chi connectivity index (χ1n) is 19.3. The highest BCUT2D eigenvalue weighted by Crippen LogP contribution is 2.20. The van der Waals surface area contributed by atoms with E-state index in [1.54, 1.807) is 6.20 Å². The number of hydrogen-bond acceptors (Lipinski definition) is 8. The van der Waals surface area contributed by atoms with Crippen molar-refractivity contribution in [1.29, 1.82) is 0 Å². The molecule has 3 rings (SSSR count). The molecule has 0 unspecified atom stereocenters. The van der Waals surface area contributed by atoms with Gasteiger partial charge < -0.3 is 48.4 Å². The Labute approximate surface area is 323 Å². The van der Waals surface area contributed by atoms with Crippen LogP contribution in [0.25, 0.3) is 10.9 Å². The fraction of sp³-hybridized carbons (Fsp3) is 0.615. The third kappa shape index (κ3) is 14.0. The molecule has 16 nitrogen and oxygen atoms in total. The summed E-state index contributed by atoms with van der Waals surface area (Å²) < 4.78 is 0. The summed E-state index contributed by atoms with van der Waals surface area (Å²) in [5.74, 6) is -5.24. The zero-order valence-electron chi connectivity index (χ0n) is 33.0. The Morgan fingerprint density at radius 3 is 1.51 bits per heavy atom. The highest BCUT2D eigenvalue weighted by atomic mass is 16.2. The van der Waals surface area contributed by atoms with Crippen LogP contribution in [0.3, 0.4) is 0 Å². The van der Waals surface area contributed by atoms with E-state index in [1.807, 2.05) is 65.8 Å². The van der Waals surface area contributed by atoms with Crippen LogP contribution in [0.5, 0.6) is 0 Å². The number of fused-ring (bicyclic) bond motifs is 1. The minimum Gasteiger partial charge on any atom is -0.370 e. The topological polar surface area (TPSA) is 260 Å². The molecular weight excluding hydrogens is 706 g/mol. The Hall–Kier alpha value is -4.99. The van der Waals surface area contributed by atoms with Crippen molar-refractivity contribution in [2.24, 2.45) is 29.2 Å². The van der Waals surface area contributed by atoms with Crippen LogP contribution in [0, 0.1) is 17.8 Å². The molecule has 1 aromatic carbocycles. The van der Waals surface area contributed by atoms with Crippen LogP contribution in [0.4, 0.5) is 0 Å². The molecule has 55 heavy (non-hydrogen) atoms. The third-order valence-electron chi connectivity index (χ3n) is 9.37. The number of carbonyl (C=O) groups is 7. The Morgan fingerprint density at radius 1 is 0.600 bits per heavy atom. The lowest BCUT2D eigenvalue weighted by Crippen LogP contribution is -2.62. The highest BCUT2D eigenvalue weighted by molar-refractivity contribution is 5.99. The smallest absolute Gasteiger partial charge is 0.243 e. The average Bonchev–Trinajstić information content (AvgIpc) is 3.50. The van der Waals surface area contributed by atoms with E-state index >= 15 is 0 Å². The summed E-state index contributed by atoms with van der Waals surface area (Å²) in [7, 11) is 0. The summed E-state index contributed by atoms with van der Waals surface area (Å²) in [6.45, 7) is 11.6. The maximum absolute atomic E-state index is 14.3. The van der Waals surface area contributed by atoms with Crippen molar-refractivity contribution in [2.45, 2.75) is 129 Å². The minimum absolute atomic E-state index is 0.0248. The van der Waals surface area contributed by atoms with Crippen molar-refractivity contribution in [1.82, 2.24) is 36.9 Å². The number of para-hydroxylation sites is 1. The molecule has 1 aliphatic rings. The van der Waals surface area contributed by atoms with Gasteiger partial charge in [0.1, 0.15) is 36.3 Å². The number of rotatable bonds is 14. The van der Waals surface area contributed by atoms with Gasteiger partial charge in [-0.25, -0.2) is 0 Å². The second-order valence-electron chi connectivity index (χ2n) is 15.8. The first-order valence-corrected chi connectivity index (χ1v) is 19.3. The Kier molecular flexibility index (Phi) is 17.1. The number of benzene rings is 1. The zero-order valence-corrected chi connectivity index (χ0v) is 33.0. The third-order valence-corrected chi connectivity index (χ3v) is 9.37. The summed E-state index contributed by atoms with van der Waals surface area (Å²) in [5, 5.41) is 17.3. The zero-order chi connectivity index (χ0) is 40.8. The van der Waals surface area contributed by atoms with Crippen LogP contribution in [-0.4, -0.2) is 89.1 Å². The molecule has 0 spiro atoms. The molecule has 1 saturated heterocycles. The van der Waals surface area contributed by atoms with E-state index in [-0.39, 0.29) is 49.9 Å². The van der Waals surface area contributed by atoms with Gasteiger partial charge in [-0.15, -0.1) is 0 Å². The molecule has 1 aliphatic heterocycles. The van der Waals surface area contributed by atoms with Crippen molar-refractivity contribution in [3.05, 3.63) is 36.0 Å². The standard InChI is InChI=1S/C39H61N9O7/c1-21(2)15-28-35(51)45-30(17-23(5)6)37(53)48-32(19-33(41)49)39(55)43-27(13-9-10-14-40)34(50)47-31(18-24-20-42-26-12-8-7-11-25(24)26)38(54)46-29(16-22(3)4)36(52)44-28/h7-8,11-12,20-23,27-32,42H,9-10,13-19,40H2,1-6H3,(H2,41,49)(H,43,55)(H,44,52)(H,45,51)(H,46,54)(H,47,50)(H,48,53)/t27-,28-,29+,30+,31+,32+/m1/s1. The molecule has 0 radical (unpaired) electrons. The van der Waals surface area contributed by atoms with Gasteiger partial charge in [-0.1, -0.05) is 59.7 Å². The highest BCUT2D eigenvalue weighted by Gasteiger charge is 2.36. The maximum atomic E-state index is 14.3. The second kappa shape index (κ2) is 21.2. The number of aromatic nitrogens is 1. The van der Waals surface area contributed by atoms with Crippen LogP contribution in [0.2, 0.25) is 0 Å². The first-order chi connectivity index (χ1) is 26.0. The monoisotopic (exact) mass is 767 g/mol. The number of aromatic amines is 1. The van der Waals surface area contributed by atoms with Gasteiger partial charge in [0.2, 0.25) is 41.4 Å². The molecule has 1 fully saturated rings. The molecular formula is C39H61N9O7. The van der Waals surface area contributed by atoms with Crippen molar-refractivity contribution in [3.63, 3.8) is 0 Å². The maximum Gasteiger partial charge on any atom is 0.243 e. The van der Waals surface area contributed by atoms with E-state index in [2.05, 4.69) is 36.9 Å². The van der Waals surface area contributed by atoms with Crippen molar-refractivity contribution in [2.75, 3.05) is 6.54 Å². The van der Waals surface area contributed by atoms with Gasteiger partial charge in [-0.05, 0) is 74.5 Å². The Balaban J connectivity index is 2.15. The summed E-state index contributed by atoms with van der Waals surface area (Å²) in [4.78, 5) is 99.2. The van der Waals surface area contributed by atoms with Crippen LogP contribution < -0.4 is 43.4 Å². The quantitative estimate of drug-likeness (QED) is 0.124. The van der Waals surface area contributed by atoms with Gasteiger partial charge in [0.15, 0.2) is 0 Å². The molecule has 304 valence electrons. The molecule has 6 atom stereocenters. The summed E-state index contributed by atoms with van der Waals surface area (Å²) in [6, 6.07) is 0.245. The van der Waals surface area contributed by atoms with Gasteiger partial charge in [-0.3, -0.25) is 33.6 Å². The van der Waals surface area contributed by atoms with Gasteiger partial charge in [0.05, 0.1) is 6.42 Å². The molecule has 2 aromatic rings. The van der Waals surface area contributed by atoms with E-state index in [1.165, 1.54) is 0 Å². The molecule has 2 heterocycles. The predicted molar refractivity (Wildman–Crippen MR) is 209 cm³/mol. The largest absolute Gasteiger partial charge is 0.370 e. The van der Waals surface area contributed by atoms with Crippen LogP contribution in [-0.2, 0) is 40.0 Å². The number of H-pyrrole nitrogens is 1. The van der Waals surface area contributed by atoms with Crippen molar-refractivity contribution in [3.8, 4) is 0 Å². The molecule has 0 bridgehead atoms. The van der Waals surface area contributed by atoms with Gasteiger partial charge in [-0.2, -0.15) is 0 Å². The van der Waals surface area contributed by atoms with E-state index in [9.17, 15) is 33.6 Å². The van der Waals surface area contributed by atoms with Crippen LogP contribution in [0.15, 0.2) is 30.5 Å². The molecule has 0 saturated carbocycles. The van der Waals surface area contributed by atoms with Gasteiger partial charge >= 0.3 is 0 Å². The molecule has 16 heteroatoms. The number of amides is 7. The lowest BCUT2D eigenvalue weighted by molar-refractivity contribution is -0.137. The van der Waals surface area contributed by atoms with E-state index in [0.29, 0.717) is 19.4 Å². The molecule has 1 aromatic heterocycles. The number of unbranched alkanes of at least 4 members (excludes halogenated alkanes) is 1. The van der Waals surface area contributed by atoms with Crippen LogP contribution in [0.1, 0.15) is 92.1 Å². The fourth-order valence-electron chi connectivity index (χ4n) is 6.64. The van der Waals surface area contributed by atoms with E-state index in [4.69, 9.17) is 11.5 Å². The van der Waals surface area contributed by atoms with Crippen LogP contribution >= 0.6 is 0 Å². The number of nitrogens with two attached hydrogens (primary N) is 2. The summed E-state index contributed by atoms with van der Waals surface area (Å²) in [5.41, 5.74) is 12.8. The SMILES string of the molecule is CC(C)C[C@@H]1NC(=O)[C@H](Cc2c[nH]c3ccccc23)NC(=O)[C@@H](CCCCN)NC(=O)[C@H](CC(N)=O)NC(=O)[C@H](CC(C)C)NC(=O)[C@@H](CC(C)C)NC1=O. The number of hydrogen-bond donors (Lipinski definition) is 9. The normalized spacial score (nSPS) is 23.7. The summed E-state index contributed by atoms with van der Waals surface area (Å²) in [6.07, 6.45) is 2.86. The van der Waals surface area contributed by atoms with Crippen molar-refractivity contribution >= 4 is 52.3 Å². The lowest BCUT2D eigenvalue weighted by atomic mass is 9.97. The van der Waals surface area contributed by atoms with Gasteiger partial charge in [0, 0.05) is 23.5 Å². The van der Waals surface area contributed by atoms with Crippen molar-refractivity contribution < 1.29 is 33.6 Å². The lowest BCUT2D eigenvalue weighted by Gasteiger charge is -2.30. The van der Waals surface area contributed by atoms with E-state index in [0.717, 1.165) is 16.5 Å². The number of carbonyl (C=O) groups excluding carboxylic acids is 7. The first kappa shape index (κ1) is 44.4. The Bertz CT molecular complexity index is 1660. The molecule has 11 N–H and O–H groups in total. The van der Waals surface area contributed by atoms with Gasteiger partial charge in [0.25, 0.3) is 0 Å². The molecule has 0 aliphatic carbocycles. The summed E-state index contributed by atoms with van der Waals surface area (Å²) >= 11 is 0. The fourth-order valence-corrected chi connectivity index (χ4v) is 6.64. The number of primary amides is 1. The predicted octanol–water partition coefficient (Wildman–Crippen LogP) is 0.776. The minimum atomic E-state index is -1.49. The number of nitrogens with one attached hydrogen (secondary N) is 7. The Morgan fingerprint density at radius 2 is 1.02 bits per heavy atom. The average molecular weight is 768 g/mol. The second-order valence-corrected chi connectivity index (χ2v) is 15.8.